The molecule has 21 heavy (non-hydrogen) atoms. The number of carboxylic acids is 2. The number of hydrogen-bond acceptors (Lipinski definition) is 4. The molecule has 0 spiro atoms. The molecule has 0 aliphatic rings. The van der Waals surface area contributed by atoms with Crippen LogP contribution in [0.4, 0.5) is 0 Å². The van der Waals surface area contributed by atoms with Crippen molar-refractivity contribution in [2.75, 3.05) is 19.7 Å². The summed E-state index contributed by atoms with van der Waals surface area (Å²) in [6.07, 6.45) is 0.576. The first-order valence-corrected chi connectivity index (χ1v) is 6.81. The lowest BCUT2D eigenvalue weighted by Gasteiger charge is -2.25. The Bertz CT molecular complexity index is 455. The number of rotatable bonds is 9. The van der Waals surface area contributed by atoms with Gasteiger partial charge in [0.2, 0.25) is 0 Å². The van der Waals surface area contributed by atoms with Gasteiger partial charge in [-0.15, -0.1) is 0 Å². The zero-order valence-electron chi connectivity index (χ0n) is 12.3. The maximum absolute atomic E-state index is 10.8. The average molecular weight is 295 g/mol. The highest BCUT2D eigenvalue weighted by Gasteiger charge is 2.19. The van der Waals surface area contributed by atoms with Crippen LogP contribution >= 0.6 is 0 Å². The van der Waals surface area contributed by atoms with Gasteiger partial charge >= 0.3 is 11.9 Å². The van der Waals surface area contributed by atoms with Crippen LogP contribution in [0.2, 0.25) is 0 Å². The molecule has 0 radical (unpaired) electrons. The lowest BCUT2D eigenvalue weighted by molar-refractivity contribution is -0.142. The van der Waals surface area contributed by atoms with Crippen LogP contribution in [0.15, 0.2) is 24.3 Å². The van der Waals surface area contributed by atoms with Crippen molar-refractivity contribution >= 4 is 11.9 Å². The van der Waals surface area contributed by atoms with E-state index < -0.39 is 11.9 Å². The summed E-state index contributed by atoms with van der Waals surface area (Å²) in [5.74, 6) is -1.29. The lowest BCUT2D eigenvalue weighted by atomic mass is 10.1. The first kappa shape index (κ1) is 17.0. The van der Waals surface area contributed by atoms with E-state index >= 15 is 0 Å². The lowest BCUT2D eigenvalue weighted by Crippen LogP contribution is -2.41. The third-order valence-corrected chi connectivity index (χ3v) is 3.07. The van der Waals surface area contributed by atoms with Crippen LogP contribution in [0.3, 0.4) is 0 Å². The Labute approximate surface area is 124 Å². The highest BCUT2D eigenvalue weighted by atomic mass is 16.5. The Morgan fingerprint density at radius 1 is 1.14 bits per heavy atom. The predicted molar refractivity (Wildman–Crippen MR) is 77.6 cm³/mol. The van der Waals surface area contributed by atoms with E-state index in [1.165, 1.54) is 4.90 Å². The smallest absolute Gasteiger partial charge is 0.317 e. The summed E-state index contributed by atoms with van der Waals surface area (Å²) in [7, 11) is 0. The minimum Gasteiger partial charge on any atom is -0.494 e. The van der Waals surface area contributed by atoms with Gasteiger partial charge in [0.25, 0.3) is 0 Å². The zero-order chi connectivity index (χ0) is 15.8. The second-order valence-electron chi connectivity index (χ2n) is 4.82. The van der Waals surface area contributed by atoms with Gasteiger partial charge in [0.15, 0.2) is 0 Å². The van der Waals surface area contributed by atoms with Gasteiger partial charge in [0.05, 0.1) is 19.7 Å². The van der Waals surface area contributed by atoms with Crippen LogP contribution in [0.5, 0.6) is 5.75 Å². The molecule has 6 nitrogen and oxygen atoms in total. The first-order valence-electron chi connectivity index (χ1n) is 6.81. The first-order chi connectivity index (χ1) is 9.92. The predicted octanol–water partition coefficient (Wildman–Crippen LogP) is 1.49. The van der Waals surface area contributed by atoms with Crippen LogP contribution in [-0.4, -0.2) is 52.8 Å². The van der Waals surface area contributed by atoms with E-state index in [0.29, 0.717) is 13.0 Å². The Kier molecular flexibility index (Phi) is 6.68. The number of aliphatic carboxylic acids is 2. The summed E-state index contributed by atoms with van der Waals surface area (Å²) in [4.78, 5) is 23.1. The molecule has 1 aromatic rings. The molecular weight excluding hydrogens is 274 g/mol. The van der Waals surface area contributed by atoms with Crippen LogP contribution in [0.1, 0.15) is 19.4 Å². The Balaban J connectivity index is 2.68. The second-order valence-corrected chi connectivity index (χ2v) is 4.82. The van der Waals surface area contributed by atoms with E-state index in [9.17, 15) is 9.59 Å². The zero-order valence-corrected chi connectivity index (χ0v) is 12.3. The fourth-order valence-electron chi connectivity index (χ4n) is 2.07. The number of carbonyl (C=O) groups is 2. The van der Waals surface area contributed by atoms with Crippen molar-refractivity contribution < 1.29 is 24.5 Å². The number of nitrogens with zero attached hydrogens (tertiary/aromatic N) is 1. The highest BCUT2D eigenvalue weighted by Crippen LogP contribution is 2.15. The van der Waals surface area contributed by atoms with Crippen molar-refractivity contribution in [1.82, 2.24) is 4.90 Å². The van der Waals surface area contributed by atoms with Crippen molar-refractivity contribution in [2.24, 2.45) is 0 Å². The summed E-state index contributed by atoms with van der Waals surface area (Å²) in [5, 5.41) is 17.7. The van der Waals surface area contributed by atoms with Gasteiger partial charge in [0, 0.05) is 6.04 Å². The molecule has 116 valence electrons. The molecule has 0 aromatic heterocycles. The average Bonchev–Trinajstić information content (AvgIpc) is 2.39. The number of hydrogen-bond donors (Lipinski definition) is 2. The monoisotopic (exact) mass is 295 g/mol. The molecule has 0 saturated heterocycles. The van der Waals surface area contributed by atoms with Crippen molar-refractivity contribution in [1.29, 1.82) is 0 Å². The Morgan fingerprint density at radius 2 is 1.67 bits per heavy atom. The summed E-state index contributed by atoms with van der Waals surface area (Å²) >= 11 is 0. The van der Waals surface area contributed by atoms with Crippen molar-refractivity contribution in [3.8, 4) is 5.75 Å². The van der Waals surface area contributed by atoms with Crippen LogP contribution < -0.4 is 4.74 Å². The van der Waals surface area contributed by atoms with Gasteiger partial charge in [-0.05, 0) is 38.0 Å². The van der Waals surface area contributed by atoms with E-state index in [1.807, 2.05) is 38.1 Å². The normalized spacial score (nSPS) is 12.1. The molecule has 1 atom stereocenters. The van der Waals surface area contributed by atoms with Gasteiger partial charge in [-0.1, -0.05) is 12.1 Å². The summed E-state index contributed by atoms with van der Waals surface area (Å²) in [5.41, 5.74) is 1.01. The minimum absolute atomic E-state index is 0.185. The van der Waals surface area contributed by atoms with Gasteiger partial charge in [-0.2, -0.15) is 0 Å². The number of carboxylic acid groups (broad SMARTS) is 2. The number of ether oxygens (including phenoxy) is 1. The molecule has 0 heterocycles. The van der Waals surface area contributed by atoms with Crippen LogP contribution in [0, 0.1) is 0 Å². The second kappa shape index (κ2) is 8.26. The van der Waals surface area contributed by atoms with Crippen molar-refractivity contribution in [3.63, 3.8) is 0 Å². The molecule has 2 N–H and O–H groups in total. The quantitative estimate of drug-likeness (QED) is 0.717. The fourth-order valence-corrected chi connectivity index (χ4v) is 2.07. The largest absolute Gasteiger partial charge is 0.494 e. The minimum atomic E-state index is -1.03. The van der Waals surface area contributed by atoms with Gasteiger partial charge in [0.1, 0.15) is 5.75 Å². The van der Waals surface area contributed by atoms with Gasteiger partial charge < -0.3 is 14.9 Å². The molecule has 0 aliphatic heterocycles. The third kappa shape index (κ3) is 6.27. The van der Waals surface area contributed by atoms with E-state index in [-0.39, 0.29) is 19.1 Å². The Hall–Kier alpha value is -2.08. The molecule has 6 heteroatoms. The third-order valence-electron chi connectivity index (χ3n) is 3.07. The molecule has 1 unspecified atom stereocenters. The van der Waals surface area contributed by atoms with Gasteiger partial charge in [-0.3, -0.25) is 14.5 Å². The van der Waals surface area contributed by atoms with Crippen LogP contribution in [0.25, 0.3) is 0 Å². The fraction of sp³-hybridized carbons (Fsp3) is 0.467. The standard InChI is InChI=1S/C15H21NO5/c1-3-21-13-6-4-12(5-7-13)8-11(2)16(9-14(17)18)10-15(19)20/h4-7,11H,3,8-10H2,1-2H3,(H,17,18)(H,19,20). The maximum Gasteiger partial charge on any atom is 0.317 e. The van der Waals surface area contributed by atoms with E-state index in [0.717, 1.165) is 11.3 Å². The summed E-state index contributed by atoms with van der Waals surface area (Å²) in [6.45, 7) is 3.75. The van der Waals surface area contributed by atoms with Crippen molar-refractivity contribution in [2.45, 2.75) is 26.3 Å². The molecule has 1 aromatic carbocycles. The molecule has 0 saturated carbocycles. The van der Waals surface area contributed by atoms with Crippen molar-refractivity contribution in [3.05, 3.63) is 29.8 Å². The van der Waals surface area contributed by atoms with E-state index in [1.54, 1.807) is 0 Å². The molecule has 0 aliphatic carbocycles. The van der Waals surface area contributed by atoms with E-state index in [4.69, 9.17) is 14.9 Å². The SMILES string of the molecule is CCOc1ccc(CC(C)N(CC(=O)O)CC(=O)O)cc1. The Morgan fingerprint density at radius 3 is 2.10 bits per heavy atom. The van der Waals surface area contributed by atoms with Gasteiger partial charge in [-0.25, -0.2) is 0 Å². The topological polar surface area (TPSA) is 87.1 Å². The molecule has 0 amide bonds. The molecule has 0 bridgehead atoms. The number of benzene rings is 1. The molecule has 0 fully saturated rings. The van der Waals surface area contributed by atoms with Crippen LogP contribution in [-0.2, 0) is 16.0 Å². The molecular formula is C15H21NO5. The molecule has 1 rings (SSSR count). The van der Waals surface area contributed by atoms with E-state index in [2.05, 4.69) is 0 Å². The maximum atomic E-state index is 10.8. The summed E-state index contributed by atoms with van der Waals surface area (Å²) < 4.78 is 5.35. The highest BCUT2D eigenvalue weighted by molar-refractivity contribution is 5.72. The summed E-state index contributed by atoms with van der Waals surface area (Å²) in [6, 6.07) is 7.33.